The van der Waals surface area contributed by atoms with E-state index in [1.54, 1.807) is 0 Å². The summed E-state index contributed by atoms with van der Waals surface area (Å²) in [5, 5.41) is 3.79. The Morgan fingerprint density at radius 3 is 2.88 bits per heavy atom. The van der Waals surface area contributed by atoms with E-state index in [0.29, 0.717) is 6.04 Å². The highest BCUT2D eigenvalue weighted by Crippen LogP contribution is 2.36. The summed E-state index contributed by atoms with van der Waals surface area (Å²) >= 11 is 1.99. The fourth-order valence-electron chi connectivity index (χ4n) is 2.07. The fraction of sp³-hybridized carbons (Fsp3) is 0.571. The van der Waals surface area contributed by atoms with E-state index < -0.39 is 0 Å². The second kappa shape index (κ2) is 4.80. The predicted molar refractivity (Wildman–Crippen MR) is 72.0 cm³/mol. The number of hydrogen-bond donors (Lipinski definition) is 1. The lowest BCUT2D eigenvalue weighted by Gasteiger charge is -2.34. The second-order valence-corrected chi connectivity index (χ2v) is 6.25. The van der Waals surface area contributed by atoms with Gasteiger partial charge < -0.3 is 5.32 Å². The third-order valence-corrected chi connectivity index (χ3v) is 4.53. The van der Waals surface area contributed by atoms with Crippen molar-refractivity contribution < 1.29 is 0 Å². The van der Waals surface area contributed by atoms with Crippen molar-refractivity contribution in [3.8, 4) is 0 Å². The largest absolute Gasteiger partial charge is 0.305 e. The zero-order valence-electron chi connectivity index (χ0n) is 10.4. The van der Waals surface area contributed by atoms with Crippen LogP contribution in [0.1, 0.15) is 45.2 Å². The molecule has 0 aromatic heterocycles. The average Bonchev–Trinajstić information content (AvgIpc) is 2.29. The minimum atomic E-state index is 0.236. The maximum atomic E-state index is 3.79. The van der Waals surface area contributed by atoms with Gasteiger partial charge in [-0.3, -0.25) is 0 Å². The molecule has 0 spiro atoms. The highest BCUT2D eigenvalue weighted by Gasteiger charge is 2.25. The summed E-state index contributed by atoms with van der Waals surface area (Å²) in [6, 6.07) is 9.34. The topological polar surface area (TPSA) is 12.0 Å². The van der Waals surface area contributed by atoms with Crippen molar-refractivity contribution in [2.24, 2.45) is 0 Å². The van der Waals surface area contributed by atoms with E-state index in [1.165, 1.54) is 29.1 Å². The van der Waals surface area contributed by atoms with Crippen molar-refractivity contribution in [3.63, 3.8) is 0 Å². The molecule has 16 heavy (non-hydrogen) atoms. The molecular formula is C14H21NS. The smallest absolute Gasteiger partial charge is 0.0344 e. The maximum absolute atomic E-state index is 3.79. The van der Waals surface area contributed by atoms with E-state index in [9.17, 15) is 0 Å². The normalized spacial score (nSPS) is 20.6. The Morgan fingerprint density at radius 1 is 1.38 bits per heavy atom. The van der Waals surface area contributed by atoms with Crippen LogP contribution in [0.15, 0.2) is 29.2 Å². The van der Waals surface area contributed by atoms with E-state index in [-0.39, 0.29) is 5.54 Å². The molecule has 1 nitrogen and oxygen atoms in total. The predicted octanol–water partition coefficient (Wildman–Crippen LogP) is 4.00. The minimum Gasteiger partial charge on any atom is -0.305 e. The summed E-state index contributed by atoms with van der Waals surface area (Å²) in [5.74, 6) is 1.23. The summed E-state index contributed by atoms with van der Waals surface area (Å²) in [5.41, 5.74) is 1.72. The van der Waals surface area contributed by atoms with Crippen LogP contribution in [-0.2, 0) is 0 Å². The molecule has 0 saturated heterocycles. The average molecular weight is 235 g/mol. The summed E-state index contributed by atoms with van der Waals surface area (Å²) in [7, 11) is 0. The first-order chi connectivity index (χ1) is 7.62. The zero-order chi connectivity index (χ0) is 11.6. The first kappa shape index (κ1) is 12.0. The van der Waals surface area contributed by atoms with Crippen LogP contribution in [0.4, 0.5) is 0 Å². The lowest BCUT2D eigenvalue weighted by molar-refractivity contribution is 0.318. The van der Waals surface area contributed by atoms with Gasteiger partial charge in [0.2, 0.25) is 0 Å². The molecule has 1 unspecified atom stereocenters. The van der Waals surface area contributed by atoms with Gasteiger partial charge in [0.25, 0.3) is 0 Å². The van der Waals surface area contributed by atoms with Crippen LogP contribution < -0.4 is 5.32 Å². The third kappa shape index (κ3) is 2.61. The minimum absolute atomic E-state index is 0.236. The van der Waals surface area contributed by atoms with Gasteiger partial charge in [-0.15, -0.1) is 11.8 Å². The van der Waals surface area contributed by atoms with Gasteiger partial charge in [0.1, 0.15) is 0 Å². The molecule has 0 bridgehead atoms. The molecule has 0 aliphatic carbocycles. The van der Waals surface area contributed by atoms with Crippen molar-refractivity contribution >= 4 is 11.8 Å². The van der Waals surface area contributed by atoms with E-state index in [0.717, 1.165) is 0 Å². The van der Waals surface area contributed by atoms with E-state index in [4.69, 9.17) is 0 Å². The Kier molecular flexibility index (Phi) is 3.60. The zero-order valence-corrected chi connectivity index (χ0v) is 11.2. The van der Waals surface area contributed by atoms with Gasteiger partial charge in [0, 0.05) is 16.5 Å². The molecule has 0 fully saturated rings. The van der Waals surface area contributed by atoms with Crippen LogP contribution >= 0.6 is 11.8 Å². The lowest BCUT2D eigenvalue weighted by atomic mass is 9.96. The Morgan fingerprint density at radius 2 is 2.12 bits per heavy atom. The highest BCUT2D eigenvalue weighted by atomic mass is 32.2. The fourth-order valence-corrected chi connectivity index (χ4v) is 3.19. The van der Waals surface area contributed by atoms with Crippen molar-refractivity contribution in [3.05, 3.63) is 29.8 Å². The molecule has 1 heterocycles. The first-order valence-corrected chi connectivity index (χ1v) is 7.10. The Bertz CT molecular complexity index is 360. The number of benzene rings is 1. The van der Waals surface area contributed by atoms with Gasteiger partial charge in [-0.25, -0.2) is 0 Å². The first-order valence-electron chi connectivity index (χ1n) is 6.12. The molecule has 1 aliphatic heterocycles. The van der Waals surface area contributed by atoms with E-state index in [1.807, 2.05) is 11.8 Å². The van der Waals surface area contributed by atoms with Gasteiger partial charge in [-0.1, -0.05) is 25.1 Å². The van der Waals surface area contributed by atoms with Gasteiger partial charge >= 0.3 is 0 Å². The van der Waals surface area contributed by atoms with Crippen molar-refractivity contribution in [2.45, 2.75) is 50.1 Å². The molecule has 2 heteroatoms. The molecule has 0 radical (unpaired) electrons. The van der Waals surface area contributed by atoms with Gasteiger partial charge in [0.05, 0.1) is 0 Å². The summed E-state index contributed by atoms with van der Waals surface area (Å²) in [4.78, 5) is 1.46. The molecular weight excluding hydrogens is 214 g/mol. The molecule has 1 aliphatic rings. The number of rotatable bonds is 3. The van der Waals surface area contributed by atoms with E-state index >= 15 is 0 Å². The number of hydrogen-bond acceptors (Lipinski definition) is 2. The highest BCUT2D eigenvalue weighted by molar-refractivity contribution is 7.99. The van der Waals surface area contributed by atoms with Crippen molar-refractivity contribution in [1.29, 1.82) is 0 Å². The quantitative estimate of drug-likeness (QED) is 0.850. The summed E-state index contributed by atoms with van der Waals surface area (Å²) in [6.45, 7) is 6.82. The molecule has 0 amide bonds. The summed E-state index contributed by atoms with van der Waals surface area (Å²) < 4.78 is 0. The third-order valence-electron chi connectivity index (χ3n) is 3.41. The monoisotopic (exact) mass is 235 g/mol. The SMILES string of the molecule is CCC(C)(C)NC1CCSc2ccccc21. The second-order valence-electron chi connectivity index (χ2n) is 5.11. The Hall–Kier alpha value is -0.470. The summed E-state index contributed by atoms with van der Waals surface area (Å²) in [6.07, 6.45) is 2.41. The maximum Gasteiger partial charge on any atom is 0.0344 e. The molecule has 1 atom stereocenters. The van der Waals surface area contributed by atoms with Gasteiger partial charge in [0.15, 0.2) is 0 Å². The Balaban J connectivity index is 2.19. The van der Waals surface area contributed by atoms with E-state index in [2.05, 4.69) is 50.4 Å². The van der Waals surface area contributed by atoms with Gasteiger partial charge in [-0.2, -0.15) is 0 Å². The van der Waals surface area contributed by atoms with Crippen LogP contribution in [0.3, 0.4) is 0 Å². The molecule has 0 saturated carbocycles. The Labute approximate surface area is 103 Å². The standard InChI is InChI=1S/C14H21NS/c1-4-14(2,3)15-12-9-10-16-13-8-6-5-7-11(12)13/h5-8,12,15H,4,9-10H2,1-3H3. The lowest BCUT2D eigenvalue weighted by Crippen LogP contribution is -2.42. The molecule has 1 aromatic rings. The molecule has 1 N–H and O–H groups in total. The van der Waals surface area contributed by atoms with Crippen LogP contribution in [0.25, 0.3) is 0 Å². The van der Waals surface area contributed by atoms with Crippen molar-refractivity contribution in [2.75, 3.05) is 5.75 Å². The molecule has 88 valence electrons. The number of thioether (sulfide) groups is 1. The van der Waals surface area contributed by atoms with Crippen LogP contribution in [-0.4, -0.2) is 11.3 Å². The van der Waals surface area contributed by atoms with Crippen LogP contribution in [0.2, 0.25) is 0 Å². The van der Waals surface area contributed by atoms with Crippen LogP contribution in [0, 0.1) is 0 Å². The molecule has 1 aromatic carbocycles. The number of nitrogens with one attached hydrogen (secondary N) is 1. The van der Waals surface area contributed by atoms with Crippen LogP contribution in [0.5, 0.6) is 0 Å². The van der Waals surface area contributed by atoms with Gasteiger partial charge in [-0.05, 0) is 44.1 Å². The number of fused-ring (bicyclic) bond motifs is 1. The van der Waals surface area contributed by atoms with Crippen molar-refractivity contribution in [1.82, 2.24) is 5.32 Å². The molecule has 2 rings (SSSR count).